The van der Waals surface area contributed by atoms with Crippen molar-refractivity contribution in [1.29, 1.82) is 0 Å². The van der Waals surface area contributed by atoms with Crippen molar-refractivity contribution in [2.75, 3.05) is 6.61 Å². The number of benzene rings is 1. The topological polar surface area (TPSA) is 114 Å². The van der Waals surface area contributed by atoms with Crippen molar-refractivity contribution in [2.45, 2.75) is 25.3 Å². The summed E-state index contributed by atoms with van der Waals surface area (Å²) in [6.07, 6.45) is 2.27. The number of nitrogens with zero attached hydrogens (tertiary/aromatic N) is 3. The van der Waals surface area contributed by atoms with E-state index in [9.17, 15) is 14.4 Å². The first-order valence-corrected chi connectivity index (χ1v) is 9.60. The molecule has 0 saturated heterocycles. The molecule has 2 aliphatic heterocycles. The Hall–Kier alpha value is -3.46. The number of furan rings is 1. The van der Waals surface area contributed by atoms with E-state index in [1.165, 1.54) is 11.3 Å². The lowest BCUT2D eigenvalue weighted by Crippen LogP contribution is -2.34. The van der Waals surface area contributed by atoms with E-state index in [0.29, 0.717) is 22.9 Å². The predicted molar refractivity (Wildman–Crippen MR) is 107 cm³/mol. The van der Waals surface area contributed by atoms with Crippen LogP contribution in [0.5, 0.6) is 0 Å². The molecular formula is C20H17ClN4O5. The first-order valence-electron chi connectivity index (χ1n) is 9.22. The first-order chi connectivity index (χ1) is 14.5. The lowest BCUT2D eigenvalue weighted by Gasteiger charge is -2.20. The summed E-state index contributed by atoms with van der Waals surface area (Å²) in [5.74, 6) is -0.958. The first kappa shape index (κ1) is 19.8. The molecule has 1 N–H and O–H groups in total. The third-order valence-corrected chi connectivity index (χ3v) is 4.93. The molecule has 1 aromatic carbocycles. The Balaban J connectivity index is 1.48. The zero-order valence-corrected chi connectivity index (χ0v) is 16.5. The number of ether oxygens (including phenoxy) is 1. The normalized spacial score (nSPS) is 18.5. The van der Waals surface area contributed by atoms with E-state index in [-0.39, 0.29) is 24.5 Å². The van der Waals surface area contributed by atoms with Crippen LogP contribution in [0, 0.1) is 0 Å². The van der Waals surface area contributed by atoms with Crippen LogP contribution in [0.3, 0.4) is 0 Å². The number of nitrogens with one attached hydrogen (secondary N) is 1. The average molecular weight is 429 g/mol. The molecule has 0 spiro atoms. The van der Waals surface area contributed by atoms with E-state index >= 15 is 0 Å². The van der Waals surface area contributed by atoms with Crippen LogP contribution in [0.2, 0.25) is 5.02 Å². The summed E-state index contributed by atoms with van der Waals surface area (Å²) < 4.78 is 10.6. The lowest BCUT2D eigenvalue weighted by molar-refractivity contribution is -0.148. The maximum Gasteiger partial charge on any atom is 0.355 e. The van der Waals surface area contributed by atoms with Gasteiger partial charge in [-0.3, -0.25) is 9.59 Å². The molecule has 4 rings (SSSR count). The minimum Gasteiger partial charge on any atom is -0.467 e. The highest BCUT2D eigenvalue weighted by atomic mass is 35.5. The summed E-state index contributed by atoms with van der Waals surface area (Å²) in [7, 11) is 0. The van der Waals surface area contributed by atoms with Gasteiger partial charge in [-0.15, -0.1) is 0 Å². The van der Waals surface area contributed by atoms with E-state index in [0.717, 1.165) is 5.56 Å². The summed E-state index contributed by atoms with van der Waals surface area (Å²) in [6.45, 7) is -0.513. The van der Waals surface area contributed by atoms with Gasteiger partial charge >= 0.3 is 5.97 Å². The van der Waals surface area contributed by atoms with Gasteiger partial charge in [0.15, 0.2) is 6.61 Å². The number of carbonyl (C=O) groups excluding carboxylic acids is 3. The molecule has 0 radical (unpaired) electrons. The van der Waals surface area contributed by atoms with Crippen LogP contribution in [-0.2, 0) is 19.1 Å². The smallest absolute Gasteiger partial charge is 0.355 e. The summed E-state index contributed by atoms with van der Waals surface area (Å²) in [5.41, 5.74) is 3.80. The minimum absolute atomic E-state index is 0.0664. The van der Waals surface area contributed by atoms with Crippen molar-refractivity contribution >= 4 is 40.8 Å². The fourth-order valence-corrected chi connectivity index (χ4v) is 3.28. The fourth-order valence-electron chi connectivity index (χ4n) is 3.16. The van der Waals surface area contributed by atoms with Gasteiger partial charge in [0.05, 0.1) is 12.0 Å². The van der Waals surface area contributed by atoms with Gasteiger partial charge in [0.1, 0.15) is 17.5 Å². The van der Waals surface area contributed by atoms with Gasteiger partial charge in [-0.2, -0.15) is 10.2 Å². The SMILES string of the molecule is O=C1CCC(C(=O)OCC(=O)N2N=C(c3ccc(Cl)cc3)C[C@H]2c2ccco2)=NN1. The zero-order valence-electron chi connectivity index (χ0n) is 15.7. The maximum absolute atomic E-state index is 12.8. The molecule has 154 valence electrons. The Bertz CT molecular complexity index is 1030. The number of carbonyl (C=O) groups is 3. The van der Waals surface area contributed by atoms with Gasteiger partial charge in [0.2, 0.25) is 5.91 Å². The van der Waals surface area contributed by atoms with Crippen LogP contribution in [0.15, 0.2) is 57.3 Å². The van der Waals surface area contributed by atoms with Crippen molar-refractivity contribution in [1.82, 2.24) is 10.4 Å². The Morgan fingerprint density at radius 2 is 2.03 bits per heavy atom. The molecule has 3 heterocycles. The van der Waals surface area contributed by atoms with Crippen LogP contribution in [-0.4, -0.2) is 40.8 Å². The molecule has 30 heavy (non-hydrogen) atoms. The molecule has 1 atom stereocenters. The van der Waals surface area contributed by atoms with Crippen molar-refractivity contribution in [2.24, 2.45) is 10.2 Å². The summed E-state index contributed by atoms with van der Waals surface area (Å²) in [4.78, 5) is 36.0. The zero-order chi connectivity index (χ0) is 21.1. The Morgan fingerprint density at radius 3 is 2.70 bits per heavy atom. The minimum atomic E-state index is -0.751. The highest BCUT2D eigenvalue weighted by Crippen LogP contribution is 2.33. The van der Waals surface area contributed by atoms with Gasteiger partial charge in [0, 0.05) is 24.3 Å². The van der Waals surface area contributed by atoms with Crippen LogP contribution < -0.4 is 5.43 Å². The van der Waals surface area contributed by atoms with E-state index in [4.69, 9.17) is 20.8 Å². The van der Waals surface area contributed by atoms with Gasteiger partial charge in [-0.1, -0.05) is 23.7 Å². The second-order valence-corrected chi connectivity index (χ2v) is 7.13. The second-order valence-electron chi connectivity index (χ2n) is 6.70. The number of hydrazone groups is 2. The van der Waals surface area contributed by atoms with Gasteiger partial charge in [-0.25, -0.2) is 15.2 Å². The highest BCUT2D eigenvalue weighted by Gasteiger charge is 2.35. The number of hydrogen-bond donors (Lipinski definition) is 1. The number of esters is 1. The number of hydrogen-bond acceptors (Lipinski definition) is 7. The maximum atomic E-state index is 12.8. The Kier molecular flexibility index (Phi) is 5.62. The summed E-state index contributed by atoms with van der Waals surface area (Å²) in [6, 6.07) is 10.2. The standard InChI is InChI=1S/C20H17ClN4O5/c21-13-5-3-12(4-6-13)15-10-16(17-2-1-9-29-17)25(24-15)19(27)11-30-20(28)14-7-8-18(26)23-22-14/h1-6,9,16H,7-8,10-11H2,(H,23,26)/t16-/m0/s1. The number of amides is 2. The molecule has 1 aromatic heterocycles. The van der Waals surface area contributed by atoms with E-state index in [1.807, 2.05) is 12.1 Å². The summed E-state index contributed by atoms with van der Waals surface area (Å²) in [5, 5.41) is 9.97. The van der Waals surface area contributed by atoms with E-state index in [1.54, 1.807) is 24.3 Å². The molecule has 2 aromatic rings. The second kappa shape index (κ2) is 8.50. The summed E-state index contributed by atoms with van der Waals surface area (Å²) >= 11 is 5.95. The number of halogens is 1. The van der Waals surface area contributed by atoms with Crippen LogP contribution >= 0.6 is 11.6 Å². The molecule has 2 amide bonds. The predicted octanol–water partition coefficient (Wildman–Crippen LogP) is 2.42. The van der Waals surface area contributed by atoms with Gasteiger partial charge < -0.3 is 9.15 Å². The van der Waals surface area contributed by atoms with Crippen molar-refractivity contribution < 1.29 is 23.5 Å². The van der Waals surface area contributed by atoms with Crippen molar-refractivity contribution in [3.63, 3.8) is 0 Å². The molecule has 0 fully saturated rings. The molecular weight excluding hydrogens is 412 g/mol. The van der Waals surface area contributed by atoms with E-state index in [2.05, 4.69) is 15.6 Å². The largest absolute Gasteiger partial charge is 0.467 e. The van der Waals surface area contributed by atoms with Crippen LogP contribution in [0.4, 0.5) is 0 Å². The molecule has 0 saturated carbocycles. The van der Waals surface area contributed by atoms with Crippen molar-refractivity contribution in [3.8, 4) is 0 Å². The van der Waals surface area contributed by atoms with Crippen LogP contribution in [0.1, 0.15) is 36.6 Å². The molecule has 2 aliphatic rings. The Labute approximate surface area is 176 Å². The van der Waals surface area contributed by atoms with Crippen LogP contribution in [0.25, 0.3) is 0 Å². The monoisotopic (exact) mass is 428 g/mol. The quantitative estimate of drug-likeness (QED) is 0.734. The van der Waals surface area contributed by atoms with Gasteiger partial charge in [-0.05, 0) is 29.8 Å². The molecule has 9 nitrogen and oxygen atoms in total. The van der Waals surface area contributed by atoms with Crippen molar-refractivity contribution in [3.05, 3.63) is 59.0 Å². The Morgan fingerprint density at radius 1 is 1.23 bits per heavy atom. The lowest BCUT2D eigenvalue weighted by atomic mass is 10.0. The third-order valence-electron chi connectivity index (χ3n) is 4.68. The van der Waals surface area contributed by atoms with E-state index < -0.39 is 24.5 Å². The molecule has 10 heteroatoms. The van der Waals surface area contributed by atoms with Gasteiger partial charge in [0.25, 0.3) is 5.91 Å². The number of rotatable bonds is 5. The molecule has 0 unspecified atom stereocenters. The molecule has 0 bridgehead atoms. The third kappa shape index (κ3) is 4.25. The molecule has 0 aliphatic carbocycles. The highest BCUT2D eigenvalue weighted by molar-refractivity contribution is 6.37. The average Bonchev–Trinajstić information content (AvgIpc) is 3.43. The fraction of sp³-hybridized carbons (Fsp3) is 0.250.